The summed E-state index contributed by atoms with van der Waals surface area (Å²) in [6.45, 7) is 4.51. The second-order valence-electron chi connectivity index (χ2n) is 5.38. The molecular weight excluding hydrogens is 342 g/mol. The molecule has 6 nitrogen and oxygen atoms in total. The second-order valence-corrected chi connectivity index (χ2v) is 9.41. The summed E-state index contributed by atoms with van der Waals surface area (Å²) in [6.07, 6.45) is 1.64. The number of thiazole rings is 1. The van der Waals surface area contributed by atoms with Gasteiger partial charge in [0, 0.05) is 29.7 Å². The molecule has 1 aliphatic heterocycles. The number of piperidine rings is 1. The first-order chi connectivity index (χ1) is 10.3. The Bertz CT molecular complexity index is 685. The summed E-state index contributed by atoms with van der Waals surface area (Å²) in [4.78, 5) is 16.1. The summed E-state index contributed by atoms with van der Waals surface area (Å²) in [5.74, 6) is 0.0897. The molecule has 1 aliphatic rings. The number of aryl methyl sites for hydroxylation is 1. The van der Waals surface area contributed by atoms with E-state index in [1.807, 2.05) is 6.92 Å². The summed E-state index contributed by atoms with van der Waals surface area (Å²) in [6, 6.07) is 0.0445. The number of H-pyrrole nitrogens is 1. The molecule has 0 bridgehead atoms. The molecule has 1 fully saturated rings. The number of hydrogen-bond donors (Lipinski definition) is 2. The van der Waals surface area contributed by atoms with E-state index >= 15 is 0 Å². The van der Waals surface area contributed by atoms with E-state index in [1.165, 1.54) is 15.6 Å². The van der Waals surface area contributed by atoms with E-state index in [9.17, 15) is 13.2 Å². The molecule has 0 saturated carbocycles. The lowest BCUT2D eigenvalue weighted by Crippen LogP contribution is -2.47. The van der Waals surface area contributed by atoms with Crippen LogP contribution in [0.5, 0.6) is 0 Å². The molecule has 2 N–H and O–H groups in total. The van der Waals surface area contributed by atoms with Crippen molar-refractivity contribution in [3.05, 3.63) is 14.5 Å². The molecule has 1 aromatic heterocycles. The second kappa shape index (κ2) is 7.20. The van der Waals surface area contributed by atoms with Crippen molar-refractivity contribution in [3.63, 3.8) is 0 Å². The largest absolute Gasteiger partial charge is 0.353 e. The number of aromatic nitrogens is 1. The van der Waals surface area contributed by atoms with Crippen LogP contribution in [0.4, 0.5) is 0 Å². The molecule has 9 heteroatoms. The average molecular weight is 364 g/mol. The van der Waals surface area contributed by atoms with E-state index in [1.54, 1.807) is 6.92 Å². The zero-order valence-electron chi connectivity index (χ0n) is 12.7. The Kier molecular flexibility index (Phi) is 5.76. The molecule has 0 spiro atoms. The predicted molar refractivity (Wildman–Crippen MR) is 90.1 cm³/mol. The van der Waals surface area contributed by atoms with Gasteiger partial charge in [-0.05, 0) is 38.9 Å². The summed E-state index contributed by atoms with van der Waals surface area (Å²) in [5, 5.41) is 2.99. The van der Waals surface area contributed by atoms with Crippen molar-refractivity contribution < 1.29 is 13.2 Å². The quantitative estimate of drug-likeness (QED) is 0.778. The minimum absolute atomic E-state index is 0.0369. The van der Waals surface area contributed by atoms with Gasteiger partial charge in [-0.25, -0.2) is 12.7 Å². The molecule has 2 heterocycles. The molecule has 0 aliphatic carbocycles. The lowest BCUT2D eigenvalue weighted by atomic mass is 10.1. The fourth-order valence-corrected chi connectivity index (χ4v) is 4.91. The van der Waals surface area contributed by atoms with Gasteiger partial charge in [0.05, 0.1) is 12.2 Å². The average Bonchev–Trinajstić information content (AvgIpc) is 2.77. The minimum atomic E-state index is -3.12. The number of sulfonamides is 1. The Labute approximate surface area is 140 Å². The van der Waals surface area contributed by atoms with Gasteiger partial charge in [0.2, 0.25) is 15.9 Å². The van der Waals surface area contributed by atoms with Crippen molar-refractivity contribution in [1.82, 2.24) is 14.6 Å². The van der Waals surface area contributed by atoms with Crippen LogP contribution in [0.3, 0.4) is 0 Å². The van der Waals surface area contributed by atoms with Gasteiger partial charge in [0.1, 0.15) is 0 Å². The van der Waals surface area contributed by atoms with Gasteiger partial charge in [-0.15, -0.1) is 11.3 Å². The van der Waals surface area contributed by atoms with Crippen molar-refractivity contribution in [2.75, 3.05) is 18.8 Å². The number of aromatic amines is 1. The number of hydrogen-bond acceptors (Lipinski definition) is 5. The Hall–Kier alpha value is -0.770. The van der Waals surface area contributed by atoms with Crippen molar-refractivity contribution in [2.45, 2.75) is 39.2 Å². The van der Waals surface area contributed by atoms with Gasteiger partial charge >= 0.3 is 0 Å². The SMILES string of the molecule is CCS(=O)(=O)N1CCC(NC(=O)Cc2sc(=S)[nH]c2C)CC1. The smallest absolute Gasteiger partial charge is 0.225 e. The number of rotatable bonds is 5. The van der Waals surface area contributed by atoms with Gasteiger partial charge in [0.15, 0.2) is 3.95 Å². The van der Waals surface area contributed by atoms with Crippen molar-refractivity contribution in [1.29, 1.82) is 0 Å². The summed E-state index contributed by atoms with van der Waals surface area (Å²) in [5.41, 5.74) is 0.939. The standard InChI is InChI=1S/C13H21N3O3S3/c1-3-22(18,19)16-6-4-10(5-7-16)15-12(17)8-11-9(2)14-13(20)21-11/h10H,3-8H2,1-2H3,(H,14,20)(H,15,17). The first-order valence-corrected chi connectivity index (χ1v) is 10.1. The lowest BCUT2D eigenvalue weighted by Gasteiger charge is -2.31. The van der Waals surface area contributed by atoms with Crippen molar-refractivity contribution in [3.8, 4) is 0 Å². The third-order valence-electron chi connectivity index (χ3n) is 3.82. The highest BCUT2D eigenvalue weighted by Crippen LogP contribution is 2.17. The molecule has 0 aromatic carbocycles. The molecule has 1 aromatic rings. The summed E-state index contributed by atoms with van der Waals surface area (Å²) < 4.78 is 25.8. The Balaban J connectivity index is 1.84. The van der Waals surface area contributed by atoms with Crippen LogP contribution < -0.4 is 5.32 Å². The van der Waals surface area contributed by atoms with Crippen LogP contribution in [-0.2, 0) is 21.2 Å². The Morgan fingerprint density at radius 1 is 1.45 bits per heavy atom. The number of carbonyl (C=O) groups excluding carboxylic acids is 1. The molecule has 22 heavy (non-hydrogen) atoms. The van der Waals surface area contributed by atoms with Crippen LogP contribution in [0.15, 0.2) is 0 Å². The van der Waals surface area contributed by atoms with E-state index in [0.717, 1.165) is 10.6 Å². The third kappa shape index (κ3) is 4.37. The maximum absolute atomic E-state index is 12.1. The van der Waals surface area contributed by atoms with Crippen LogP contribution in [0.25, 0.3) is 0 Å². The van der Waals surface area contributed by atoms with E-state index in [0.29, 0.717) is 36.3 Å². The number of nitrogens with zero attached hydrogens (tertiary/aromatic N) is 1. The lowest BCUT2D eigenvalue weighted by molar-refractivity contribution is -0.121. The van der Waals surface area contributed by atoms with Gasteiger partial charge < -0.3 is 10.3 Å². The van der Waals surface area contributed by atoms with Crippen LogP contribution in [0.1, 0.15) is 30.3 Å². The highest BCUT2D eigenvalue weighted by molar-refractivity contribution is 7.89. The Morgan fingerprint density at radius 3 is 2.59 bits per heavy atom. The minimum Gasteiger partial charge on any atom is -0.353 e. The normalized spacial score (nSPS) is 17.5. The molecule has 124 valence electrons. The molecular formula is C13H21N3O3S3. The van der Waals surface area contributed by atoms with Gasteiger partial charge in [-0.3, -0.25) is 4.79 Å². The van der Waals surface area contributed by atoms with Crippen LogP contribution in [0, 0.1) is 10.9 Å². The fourth-order valence-electron chi connectivity index (χ4n) is 2.49. The maximum atomic E-state index is 12.1. The van der Waals surface area contributed by atoms with Gasteiger partial charge in [-0.1, -0.05) is 0 Å². The highest BCUT2D eigenvalue weighted by Gasteiger charge is 2.27. The molecule has 0 unspecified atom stereocenters. The molecule has 1 saturated heterocycles. The number of nitrogens with one attached hydrogen (secondary N) is 2. The third-order valence-corrected chi connectivity index (χ3v) is 7.04. The summed E-state index contributed by atoms with van der Waals surface area (Å²) in [7, 11) is -3.12. The van der Waals surface area contributed by atoms with E-state index < -0.39 is 10.0 Å². The van der Waals surface area contributed by atoms with Crippen LogP contribution >= 0.6 is 23.6 Å². The van der Waals surface area contributed by atoms with E-state index in [-0.39, 0.29) is 17.7 Å². The first kappa shape index (κ1) is 17.6. The molecule has 2 rings (SSSR count). The molecule has 0 atom stereocenters. The molecule has 0 radical (unpaired) electrons. The molecule has 1 amide bonds. The zero-order valence-corrected chi connectivity index (χ0v) is 15.2. The van der Waals surface area contributed by atoms with Gasteiger partial charge in [0.25, 0.3) is 0 Å². The monoisotopic (exact) mass is 363 g/mol. The van der Waals surface area contributed by atoms with Crippen molar-refractivity contribution >= 4 is 39.5 Å². The Morgan fingerprint density at radius 2 is 2.09 bits per heavy atom. The fraction of sp³-hybridized carbons (Fsp3) is 0.692. The van der Waals surface area contributed by atoms with Crippen LogP contribution in [0.2, 0.25) is 0 Å². The van der Waals surface area contributed by atoms with E-state index in [2.05, 4.69) is 10.3 Å². The highest BCUT2D eigenvalue weighted by atomic mass is 32.2. The van der Waals surface area contributed by atoms with Crippen molar-refractivity contribution in [2.24, 2.45) is 0 Å². The summed E-state index contributed by atoms with van der Waals surface area (Å²) >= 11 is 6.49. The van der Waals surface area contributed by atoms with Crippen LogP contribution in [-0.4, -0.2) is 48.5 Å². The van der Waals surface area contributed by atoms with Gasteiger partial charge in [-0.2, -0.15) is 0 Å². The number of carbonyl (C=O) groups is 1. The predicted octanol–water partition coefficient (Wildman–Crippen LogP) is 1.59. The first-order valence-electron chi connectivity index (χ1n) is 7.27. The topological polar surface area (TPSA) is 82.3 Å². The maximum Gasteiger partial charge on any atom is 0.225 e. The number of amides is 1. The zero-order chi connectivity index (χ0) is 16.3. The van der Waals surface area contributed by atoms with E-state index in [4.69, 9.17) is 12.2 Å².